The predicted molar refractivity (Wildman–Crippen MR) is 71.7 cm³/mol. The summed E-state index contributed by atoms with van der Waals surface area (Å²) in [7, 11) is 0. The fourth-order valence-electron chi connectivity index (χ4n) is 3.19. The molecule has 2 rings (SSSR count). The van der Waals surface area contributed by atoms with E-state index in [1.54, 1.807) is 24.9 Å². The molecule has 7 nitrogen and oxygen atoms in total. The smallest absolute Gasteiger partial charge is 0.311 e. The molecule has 7 heteroatoms. The van der Waals surface area contributed by atoms with Gasteiger partial charge in [0, 0.05) is 12.3 Å². The summed E-state index contributed by atoms with van der Waals surface area (Å²) in [6, 6.07) is 0. The van der Waals surface area contributed by atoms with Crippen LogP contribution in [0.2, 0.25) is 0 Å². The highest BCUT2D eigenvalue weighted by molar-refractivity contribution is 5.83. The lowest BCUT2D eigenvalue weighted by Crippen LogP contribution is -2.36. The minimum Gasteiger partial charge on any atom is -0.481 e. The van der Waals surface area contributed by atoms with Crippen molar-refractivity contribution >= 4 is 23.8 Å². The Labute approximate surface area is 125 Å². The van der Waals surface area contributed by atoms with Crippen LogP contribution in [0.3, 0.4) is 0 Å². The SMILES string of the molecule is CC1=CC(C2CC(=C=O)OC2=C=O)CC(C(=O)O)C1C(=O)O. The van der Waals surface area contributed by atoms with Crippen molar-refractivity contribution in [2.45, 2.75) is 19.8 Å². The number of carboxylic acids is 2. The Bertz CT molecular complexity index is 647. The molecular formula is C15H14O7. The van der Waals surface area contributed by atoms with Crippen molar-refractivity contribution in [2.24, 2.45) is 23.7 Å². The first-order valence-electron chi connectivity index (χ1n) is 6.69. The molecule has 0 saturated carbocycles. The first kappa shape index (κ1) is 15.8. The molecule has 2 N–H and O–H groups in total. The van der Waals surface area contributed by atoms with Crippen LogP contribution in [0, 0.1) is 23.7 Å². The van der Waals surface area contributed by atoms with E-state index < -0.39 is 35.6 Å². The number of carbonyl (C=O) groups excluding carboxylic acids is 2. The molecule has 1 fully saturated rings. The van der Waals surface area contributed by atoms with Crippen molar-refractivity contribution in [3.8, 4) is 0 Å². The summed E-state index contributed by atoms with van der Waals surface area (Å²) in [4.78, 5) is 44.2. The number of carbonyl (C=O) groups is 2. The van der Waals surface area contributed by atoms with Crippen LogP contribution in [0.1, 0.15) is 19.8 Å². The highest BCUT2D eigenvalue weighted by Crippen LogP contribution is 2.44. The van der Waals surface area contributed by atoms with E-state index in [2.05, 4.69) is 0 Å². The molecule has 0 aromatic carbocycles. The maximum atomic E-state index is 11.4. The van der Waals surface area contributed by atoms with E-state index in [4.69, 9.17) is 4.74 Å². The van der Waals surface area contributed by atoms with Gasteiger partial charge in [-0.15, -0.1) is 0 Å². The van der Waals surface area contributed by atoms with E-state index in [1.807, 2.05) is 0 Å². The fourth-order valence-corrected chi connectivity index (χ4v) is 3.19. The summed E-state index contributed by atoms with van der Waals surface area (Å²) in [6.45, 7) is 1.55. The average Bonchev–Trinajstić information content (AvgIpc) is 2.89. The Hall–Kier alpha value is -2.62. The number of ether oxygens (including phenoxy) is 1. The Morgan fingerprint density at radius 1 is 1.23 bits per heavy atom. The predicted octanol–water partition coefficient (Wildman–Crippen LogP) is 0.822. The van der Waals surface area contributed by atoms with Crippen LogP contribution >= 0.6 is 0 Å². The molecule has 116 valence electrons. The third kappa shape index (κ3) is 2.72. The van der Waals surface area contributed by atoms with Gasteiger partial charge < -0.3 is 14.9 Å². The van der Waals surface area contributed by atoms with Gasteiger partial charge in [-0.25, -0.2) is 9.59 Å². The van der Waals surface area contributed by atoms with Gasteiger partial charge in [0.15, 0.2) is 23.4 Å². The Balaban J connectivity index is 2.37. The number of rotatable bonds is 3. The van der Waals surface area contributed by atoms with E-state index in [0.717, 1.165) is 0 Å². The second kappa shape index (κ2) is 6.02. The molecule has 1 saturated heterocycles. The minimum absolute atomic E-state index is 0.0263. The topological polar surface area (TPSA) is 118 Å². The highest BCUT2D eigenvalue weighted by Gasteiger charge is 2.44. The van der Waals surface area contributed by atoms with Gasteiger partial charge in [-0.1, -0.05) is 11.6 Å². The summed E-state index contributed by atoms with van der Waals surface area (Å²) in [5.41, 5.74) is 0.421. The van der Waals surface area contributed by atoms with Crippen LogP contribution in [0.15, 0.2) is 23.2 Å². The second-order valence-electron chi connectivity index (χ2n) is 5.48. The lowest BCUT2D eigenvalue weighted by atomic mass is 9.70. The molecule has 1 aliphatic heterocycles. The molecule has 4 unspecified atom stereocenters. The average molecular weight is 306 g/mol. The van der Waals surface area contributed by atoms with Crippen molar-refractivity contribution in [2.75, 3.05) is 0 Å². The summed E-state index contributed by atoms with van der Waals surface area (Å²) in [5.74, 6) is -2.39. The Morgan fingerprint density at radius 3 is 2.41 bits per heavy atom. The Morgan fingerprint density at radius 2 is 1.91 bits per heavy atom. The van der Waals surface area contributed by atoms with E-state index in [1.165, 1.54) is 0 Å². The van der Waals surface area contributed by atoms with Crippen molar-refractivity contribution < 1.29 is 34.1 Å². The zero-order valence-corrected chi connectivity index (χ0v) is 11.7. The summed E-state index contributed by atoms with van der Waals surface area (Å²) < 4.78 is 5.02. The van der Waals surface area contributed by atoms with Gasteiger partial charge in [-0.2, -0.15) is 0 Å². The van der Waals surface area contributed by atoms with Crippen molar-refractivity contribution in [1.29, 1.82) is 0 Å². The van der Waals surface area contributed by atoms with Gasteiger partial charge in [-0.05, 0) is 19.3 Å². The third-order valence-electron chi connectivity index (χ3n) is 4.19. The molecule has 2 aliphatic rings. The van der Waals surface area contributed by atoms with Crippen LogP contribution in [-0.2, 0) is 23.9 Å². The van der Waals surface area contributed by atoms with Gasteiger partial charge in [0.25, 0.3) is 0 Å². The number of hydrogen-bond acceptors (Lipinski definition) is 5. The molecule has 1 heterocycles. The van der Waals surface area contributed by atoms with Crippen molar-refractivity contribution in [3.63, 3.8) is 0 Å². The van der Waals surface area contributed by atoms with Crippen LogP contribution < -0.4 is 0 Å². The molecule has 0 spiro atoms. The molecule has 0 amide bonds. The molecule has 0 radical (unpaired) electrons. The zero-order chi connectivity index (χ0) is 16.4. The monoisotopic (exact) mass is 306 g/mol. The number of allylic oxidation sites excluding steroid dienone is 3. The molecule has 22 heavy (non-hydrogen) atoms. The number of aliphatic carboxylic acids is 2. The van der Waals surface area contributed by atoms with E-state index in [-0.39, 0.29) is 24.4 Å². The maximum Gasteiger partial charge on any atom is 0.311 e. The fraction of sp³-hybridized carbons (Fsp3) is 0.467. The molecule has 0 aromatic heterocycles. The van der Waals surface area contributed by atoms with Crippen LogP contribution in [0.25, 0.3) is 0 Å². The van der Waals surface area contributed by atoms with Gasteiger partial charge >= 0.3 is 11.9 Å². The van der Waals surface area contributed by atoms with Crippen molar-refractivity contribution in [1.82, 2.24) is 0 Å². The van der Waals surface area contributed by atoms with Gasteiger partial charge in [0.2, 0.25) is 0 Å². The largest absolute Gasteiger partial charge is 0.481 e. The zero-order valence-electron chi connectivity index (χ0n) is 11.7. The third-order valence-corrected chi connectivity index (χ3v) is 4.19. The van der Waals surface area contributed by atoms with Crippen LogP contribution in [-0.4, -0.2) is 34.0 Å². The number of hydrogen-bond donors (Lipinski definition) is 2. The summed E-state index contributed by atoms with van der Waals surface area (Å²) in [5, 5.41) is 18.5. The van der Waals surface area contributed by atoms with Crippen molar-refractivity contribution in [3.05, 3.63) is 23.2 Å². The molecular weight excluding hydrogens is 292 g/mol. The van der Waals surface area contributed by atoms with E-state index in [9.17, 15) is 29.4 Å². The quantitative estimate of drug-likeness (QED) is 0.585. The van der Waals surface area contributed by atoms with E-state index >= 15 is 0 Å². The summed E-state index contributed by atoms with van der Waals surface area (Å²) in [6.07, 6.45) is 1.83. The summed E-state index contributed by atoms with van der Waals surface area (Å²) >= 11 is 0. The standard InChI is InChI=1S/C15H14O7/c1-7-2-8(3-11(14(18)19)13(7)15(20)21)10-4-9(5-16)22-12(10)6-17/h2,8,10-11,13H,3-4H2,1H3,(H,18,19)(H,20,21). The Kier molecular flexibility index (Phi) is 4.31. The second-order valence-corrected chi connectivity index (χ2v) is 5.48. The van der Waals surface area contributed by atoms with Gasteiger partial charge in [-0.3, -0.25) is 9.59 Å². The first-order valence-corrected chi connectivity index (χ1v) is 6.69. The van der Waals surface area contributed by atoms with Crippen LogP contribution in [0.5, 0.6) is 0 Å². The minimum atomic E-state index is -1.20. The maximum absolute atomic E-state index is 11.4. The van der Waals surface area contributed by atoms with Crippen LogP contribution in [0.4, 0.5) is 0 Å². The molecule has 4 atom stereocenters. The lowest BCUT2D eigenvalue weighted by Gasteiger charge is -2.32. The molecule has 0 bridgehead atoms. The van der Waals surface area contributed by atoms with Gasteiger partial charge in [0.05, 0.1) is 11.8 Å². The normalized spacial score (nSPS) is 30.9. The molecule has 0 aromatic rings. The van der Waals surface area contributed by atoms with Gasteiger partial charge in [0.1, 0.15) is 0 Å². The first-order chi connectivity index (χ1) is 10.4. The van der Waals surface area contributed by atoms with E-state index in [0.29, 0.717) is 5.57 Å². The molecule has 1 aliphatic carbocycles. The lowest BCUT2D eigenvalue weighted by molar-refractivity contribution is -0.153. The number of carboxylic acid groups (broad SMARTS) is 2. The highest BCUT2D eigenvalue weighted by atomic mass is 16.5.